The first kappa shape index (κ1) is 11.9. The van der Waals surface area contributed by atoms with E-state index in [1.165, 1.54) is 24.8 Å². The van der Waals surface area contributed by atoms with Gasteiger partial charge < -0.3 is 11.1 Å². The smallest absolute Gasteiger partial charge is 0.0409 e. The zero-order valence-corrected chi connectivity index (χ0v) is 10.2. The molecule has 3 heteroatoms. The molecule has 3 N–H and O–H groups in total. The fourth-order valence-corrected chi connectivity index (χ4v) is 2.52. The van der Waals surface area contributed by atoms with Crippen LogP contribution in [-0.2, 0) is 6.54 Å². The van der Waals surface area contributed by atoms with Gasteiger partial charge in [-0.2, -0.15) is 0 Å². The summed E-state index contributed by atoms with van der Waals surface area (Å²) in [5.74, 6) is 0. The summed E-state index contributed by atoms with van der Waals surface area (Å²) >= 11 is 5.94. The van der Waals surface area contributed by atoms with E-state index in [9.17, 15) is 0 Å². The lowest BCUT2D eigenvalue weighted by Gasteiger charge is -2.29. The molecule has 0 saturated heterocycles. The van der Waals surface area contributed by atoms with E-state index in [1.54, 1.807) is 0 Å². The summed E-state index contributed by atoms with van der Waals surface area (Å²) in [6.45, 7) is 0.860. The van der Waals surface area contributed by atoms with Crippen molar-refractivity contribution in [2.45, 2.75) is 44.3 Å². The van der Waals surface area contributed by atoms with Gasteiger partial charge in [-0.1, -0.05) is 36.6 Å². The molecule has 1 aliphatic rings. The molecule has 2 nitrogen and oxygen atoms in total. The quantitative estimate of drug-likeness (QED) is 0.850. The van der Waals surface area contributed by atoms with Crippen molar-refractivity contribution in [2.24, 2.45) is 5.73 Å². The average Bonchev–Trinajstić information content (AvgIpc) is 2.28. The standard InChI is InChI=1S/C13H19ClN2/c14-11-5-3-4-10(8-11)9-16-13-7-2-1-6-12(13)15/h3-5,8,12-13,16H,1-2,6-7,9,15H2/t12-,13+/m0/s1. The van der Waals surface area contributed by atoms with Gasteiger partial charge in [0.25, 0.3) is 0 Å². The SMILES string of the molecule is N[C@H]1CCCC[C@H]1NCc1cccc(Cl)c1. The van der Waals surface area contributed by atoms with Gasteiger partial charge in [0.1, 0.15) is 0 Å². The minimum atomic E-state index is 0.313. The van der Waals surface area contributed by atoms with E-state index in [4.69, 9.17) is 17.3 Å². The predicted molar refractivity (Wildman–Crippen MR) is 68.5 cm³/mol. The maximum atomic E-state index is 6.08. The van der Waals surface area contributed by atoms with Crippen LogP contribution in [0.25, 0.3) is 0 Å². The second kappa shape index (κ2) is 5.67. The first-order chi connectivity index (χ1) is 7.75. The zero-order chi connectivity index (χ0) is 11.4. The maximum absolute atomic E-state index is 6.08. The third-order valence-corrected chi connectivity index (χ3v) is 3.51. The van der Waals surface area contributed by atoms with Gasteiger partial charge in [-0.15, -0.1) is 0 Å². The molecule has 0 unspecified atom stereocenters. The van der Waals surface area contributed by atoms with E-state index >= 15 is 0 Å². The number of nitrogens with two attached hydrogens (primary N) is 1. The highest BCUT2D eigenvalue weighted by atomic mass is 35.5. The Balaban J connectivity index is 1.86. The van der Waals surface area contributed by atoms with Gasteiger partial charge >= 0.3 is 0 Å². The summed E-state index contributed by atoms with van der Waals surface area (Å²) in [5.41, 5.74) is 7.31. The molecule has 0 amide bonds. The Morgan fingerprint density at radius 3 is 2.88 bits per heavy atom. The fourth-order valence-electron chi connectivity index (χ4n) is 2.31. The molecule has 0 heterocycles. The van der Waals surface area contributed by atoms with Crippen LogP contribution >= 0.6 is 11.6 Å². The molecular formula is C13H19ClN2. The molecular weight excluding hydrogens is 220 g/mol. The maximum Gasteiger partial charge on any atom is 0.0409 e. The third-order valence-electron chi connectivity index (χ3n) is 3.28. The predicted octanol–water partition coefficient (Wildman–Crippen LogP) is 2.70. The van der Waals surface area contributed by atoms with E-state index in [2.05, 4.69) is 11.4 Å². The van der Waals surface area contributed by atoms with Crippen LogP contribution in [-0.4, -0.2) is 12.1 Å². The normalized spacial score (nSPS) is 25.6. The molecule has 1 aliphatic carbocycles. The highest BCUT2D eigenvalue weighted by molar-refractivity contribution is 6.30. The highest BCUT2D eigenvalue weighted by Gasteiger charge is 2.20. The first-order valence-electron chi connectivity index (χ1n) is 5.99. The molecule has 1 fully saturated rings. The molecule has 2 rings (SSSR count). The Morgan fingerprint density at radius 1 is 1.31 bits per heavy atom. The second-order valence-corrected chi connectivity index (χ2v) is 5.00. The molecule has 88 valence electrons. The van der Waals surface area contributed by atoms with Crippen LogP contribution in [0.4, 0.5) is 0 Å². The van der Waals surface area contributed by atoms with E-state index in [-0.39, 0.29) is 0 Å². The van der Waals surface area contributed by atoms with Gasteiger partial charge in [-0.25, -0.2) is 0 Å². The average molecular weight is 239 g/mol. The molecule has 0 bridgehead atoms. The van der Waals surface area contributed by atoms with Gasteiger partial charge in [-0.3, -0.25) is 0 Å². The summed E-state index contributed by atoms with van der Waals surface area (Å²) in [4.78, 5) is 0. The summed E-state index contributed by atoms with van der Waals surface area (Å²) in [6.07, 6.45) is 4.91. The lowest BCUT2D eigenvalue weighted by atomic mass is 9.91. The molecule has 0 aromatic heterocycles. The number of benzene rings is 1. The molecule has 16 heavy (non-hydrogen) atoms. The Hall–Kier alpha value is -0.570. The van der Waals surface area contributed by atoms with E-state index in [0.717, 1.165) is 18.0 Å². The van der Waals surface area contributed by atoms with Crippen molar-refractivity contribution < 1.29 is 0 Å². The van der Waals surface area contributed by atoms with Crippen LogP contribution in [0.3, 0.4) is 0 Å². The minimum Gasteiger partial charge on any atom is -0.326 e. The Bertz CT molecular complexity index is 340. The molecule has 1 aromatic rings. The number of rotatable bonds is 3. The molecule has 0 aliphatic heterocycles. The molecule has 2 atom stereocenters. The van der Waals surface area contributed by atoms with Crippen molar-refractivity contribution in [3.63, 3.8) is 0 Å². The van der Waals surface area contributed by atoms with Gasteiger partial charge in [0.15, 0.2) is 0 Å². The molecule has 0 radical (unpaired) electrons. The van der Waals surface area contributed by atoms with Crippen molar-refractivity contribution in [1.82, 2.24) is 5.32 Å². The first-order valence-corrected chi connectivity index (χ1v) is 6.37. The summed E-state index contributed by atoms with van der Waals surface area (Å²) in [7, 11) is 0. The highest BCUT2D eigenvalue weighted by Crippen LogP contribution is 2.17. The van der Waals surface area contributed by atoms with E-state index in [0.29, 0.717) is 12.1 Å². The Labute approximate surface area is 102 Å². The van der Waals surface area contributed by atoms with Crippen molar-refractivity contribution in [2.75, 3.05) is 0 Å². The van der Waals surface area contributed by atoms with Crippen molar-refractivity contribution >= 4 is 11.6 Å². The van der Waals surface area contributed by atoms with Gasteiger partial charge in [0.2, 0.25) is 0 Å². The monoisotopic (exact) mass is 238 g/mol. The second-order valence-electron chi connectivity index (χ2n) is 4.57. The summed E-state index contributed by atoms with van der Waals surface area (Å²) < 4.78 is 0. The van der Waals surface area contributed by atoms with Crippen LogP contribution in [0, 0.1) is 0 Å². The fraction of sp³-hybridized carbons (Fsp3) is 0.538. The summed E-state index contributed by atoms with van der Waals surface area (Å²) in [5, 5.41) is 4.33. The van der Waals surface area contributed by atoms with Gasteiger partial charge in [0, 0.05) is 23.7 Å². The lowest BCUT2D eigenvalue weighted by molar-refractivity contribution is 0.326. The van der Waals surface area contributed by atoms with Crippen LogP contribution in [0.5, 0.6) is 0 Å². The van der Waals surface area contributed by atoms with Crippen LogP contribution in [0.2, 0.25) is 5.02 Å². The van der Waals surface area contributed by atoms with Crippen molar-refractivity contribution in [1.29, 1.82) is 0 Å². The number of hydrogen-bond acceptors (Lipinski definition) is 2. The van der Waals surface area contributed by atoms with Gasteiger partial charge in [-0.05, 0) is 30.5 Å². The van der Waals surface area contributed by atoms with E-state index in [1.807, 2.05) is 18.2 Å². The summed E-state index contributed by atoms with van der Waals surface area (Å²) in [6, 6.07) is 8.76. The Kier molecular flexibility index (Phi) is 4.22. The largest absolute Gasteiger partial charge is 0.326 e. The van der Waals surface area contributed by atoms with E-state index < -0.39 is 0 Å². The number of nitrogens with one attached hydrogen (secondary N) is 1. The van der Waals surface area contributed by atoms with Crippen molar-refractivity contribution in [3.05, 3.63) is 34.9 Å². The minimum absolute atomic E-state index is 0.313. The number of halogens is 1. The van der Waals surface area contributed by atoms with Crippen LogP contribution < -0.4 is 11.1 Å². The molecule has 1 saturated carbocycles. The molecule has 1 aromatic carbocycles. The molecule has 0 spiro atoms. The number of hydrogen-bond donors (Lipinski definition) is 2. The zero-order valence-electron chi connectivity index (χ0n) is 9.45. The van der Waals surface area contributed by atoms with Crippen molar-refractivity contribution in [3.8, 4) is 0 Å². The van der Waals surface area contributed by atoms with Crippen LogP contribution in [0.1, 0.15) is 31.2 Å². The lowest BCUT2D eigenvalue weighted by Crippen LogP contribution is -2.46. The Morgan fingerprint density at radius 2 is 2.12 bits per heavy atom. The third kappa shape index (κ3) is 3.21. The van der Waals surface area contributed by atoms with Gasteiger partial charge in [0.05, 0.1) is 0 Å². The van der Waals surface area contributed by atoms with Crippen LogP contribution in [0.15, 0.2) is 24.3 Å². The topological polar surface area (TPSA) is 38.0 Å².